The molecule has 1 aliphatic rings. The van der Waals surface area contributed by atoms with Crippen molar-refractivity contribution >= 4 is 35.1 Å². The molecule has 160 valence electrons. The van der Waals surface area contributed by atoms with Gasteiger partial charge in [-0.25, -0.2) is 8.78 Å². The van der Waals surface area contributed by atoms with Crippen molar-refractivity contribution < 1.29 is 28.6 Å². The van der Waals surface area contributed by atoms with E-state index < -0.39 is 66.4 Å². The number of aromatic hydroxyl groups is 2. The third-order valence-electron chi connectivity index (χ3n) is 4.18. The first kappa shape index (κ1) is 22.6. The van der Waals surface area contributed by atoms with Crippen molar-refractivity contribution in [3.05, 3.63) is 46.0 Å². The summed E-state index contributed by atoms with van der Waals surface area (Å²) in [5.41, 5.74) is -2.46. The monoisotopic (exact) mass is 452 g/mol. The van der Waals surface area contributed by atoms with Gasteiger partial charge in [-0.1, -0.05) is 41.5 Å². The summed E-state index contributed by atoms with van der Waals surface area (Å²) in [4.78, 5) is 26.0. The highest BCUT2D eigenvalue weighted by Gasteiger charge is 2.42. The van der Waals surface area contributed by atoms with Crippen LogP contribution in [0.25, 0.3) is 0 Å². The van der Waals surface area contributed by atoms with Crippen LogP contribution in [0.4, 0.5) is 8.78 Å². The summed E-state index contributed by atoms with van der Waals surface area (Å²) < 4.78 is 30.5. The van der Waals surface area contributed by atoms with E-state index in [1.807, 2.05) is 41.5 Å². The molecule has 0 spiro atoms. The molecule has 0 atom stereocenters. The molecule has 2 N–H and O–H groups in total. The molecule has 2 aromatic carbocycles. The Morgan fingerprint density at radius 3 is 1.23 bits per heavy atom. The van der Waals surface area contributed by atoms with Crippen molar-refractivity contribution in [2.45, 2.75) is 60.8 Å². The van der Waals surface area contributed by atoms with Crippen LogP contribution in [0, 0.1) is 11.6 Å². The molecule has 0 radical (unpaired) electrons. The second-order valence-corrected chi connectivity index (χ2v) is 12.7. The first-order valence-corrected chi connectivity index (χ1v) is 10.8. The van der Waals surface area contributed by atoms with E-state index in [9.17, 15) is 19.8 Å². The molecule has 3 rings (SSSR count). The van der Waals surface area contributed by atoms with Crippen LogP contribution in [0.5, 0.6) is 11.5 Å². The normalized spacial score (nSPS) is 14.0. The summed E-state index contributed by atoms with van der Waals surface area (Å²) >= 11 is 2.12. The molecule has 0 fully saturated rings. The Morgan fingerprint density at radius 2 is 0.967 bits per heavy atom. The van der Waals surface area contributed by atoms with Crippen LogP contribution in [-0.2, 0) is 0 Å². The van der Waals surface area contributed by atoms with E-state index in [4.69, 9.17) is 0 Å². The van der Waals surface area contributed by atoms with E-state index in [0.717, 1.165) is 35.7 Å². The molecular weight excluding hydrogens is 430 g/mol. The van der Waals surface area contributed by atoms with E-state index in [-0.39, 0.29) is 9.79 Å². The van der Waals surface area contributed by atoms with E-state index in [1.54, 1.807) is 0 Å². The van der Waals surface area contributed by atoms with Gasteiger partial charge in [-0.05, 0) is 12.1 Å². The Morgan fingerprint density at radius 1 is 0.667 bits per heavy atom. The number of benzene rings is 2. The molecular formula is C22H22F2O4S2. The Balaban J connectivity index is 2.42. The molecule has 0 heterocycles. The topological polar surface area (TPSA) is 74.6 Å². The van der Waals surface area contributed by atoms with Crippen LogP contribution < -0.4 is 0 Å². The molecule has 0 unspecified atom stereocenters. The van der Waals surface area contributed by atoms with Gasteiger partial charge in [0.05, 0.1) is 32.0 Å². The molecule has 4 nitrogen and oxygen atoms in total. The van der Waals surface area contributed by atoms with Crippen molar-refractivity contribution in [3.63, 3.8) is 0 Å². The highest BCUT2D eigenvalue weighted by atomic mass is 32.2. The Kier molecular flexibility index (Phi) is 5.48. The lowest BCUT2D eigenvalue weighted by molar-refractivity contribution is 0.0965. The maximum absolute atomic E-state index is 15.7. The predicted octanol–water partition coefficient (Wildman–Crippen LogP) is 5.93. The summed E-state index contributed by atoms with van der Waals surface area (Å²) in [6.45, 7) is 11.0. The van der Waals surface area contributed by atoms with Crippen LogP contribution in [0.2, 0.25) is 0 Å². The van der Waals surface area contributed by atoms with Gasteiger partial charge in [0.25, 0.3) is 0 Å². The fourth-order valence-electron chi connectivity index (χ4n) is 3.16. The average molecular weight is 453 g/mol. The number of carbonyl (C=O) groups is 2. The van der Waals surface area contributed by atoms with Crippen LogP contribution in [-0.4, -0.2) is 31.3 Å². The highest BCUT2D eigenvalue weighted by Crippen LogP contribution is 2.49. The smallest absolute Gasteiger partial charge is 0.201 e. The zero-order valence-electron chi connectivity index (χ0n) is 17.4. The average Bonchev–Trinajstić information content (AvgIpc) is 2.58. The number of halogens is 2. The van der Waals surface area contributed by atoms with Crippen LogP contribution >= 0.6 is 23.5 Å². The van der Waals surface area contributed by atoms with Gasteiger partial charge in [0, 0.05) is 9.49 Å². The predicted molar refractivity (Wildman–Crippen MR) is 114 cm³/mol. The quantitative estimate of drug-likeness (QED) is 0.371. The molecule has 0 aromatic heterocycles. The minimum Gasteiger partial charge on any atom is -0.507 e. The van der Waals surface area contributed by atoms with Gasteiger partial charge in [0.15, 0.2) is 0 Å². The fourth-order valence-corrected chi connectivity index (χ4v) is 5.38. The standard InChI is InChI=1S/C22H22F2O4S2/c1-21(2,3)29-19-15(23)13-14(16(24)20(19)30-22(4,5)6)18(28)12-10(26)8-7-9(25)11(12)17(13)27/h7-8,25-26H,1-6H3. The van der Waals surface area contributed by atoms with Gasteiger partial charge in [0.1, 0.15) is 23.1 Å². The van der Waals surface area contributed by atoms with Crippen LogP contribution in [0.15, 0.2) is 21.9 Å². The number of ketones is 2. The zero-order chi connectivity index (χ0) is 22.8. The number of thioether (sulfide) groups is 2. The summed E-state index contributed by atoms with van der Waals surface area (Å²) in [6, 6.07) is 2.07. The summed E-state index contributed by atoms with van der Waals surface area (Å²) in [5, 5.41) is 20.2. The lowest BCUT2D eigenvalue weighted by atomic mass is 9.82. The third kappa shape index (κ3) is 3.83. The van der Waals surface area contributed by atoms with Gasteiger partial charge in [-0.2, -0.15) is 0 Å². The van der Waals surface area contributed by atoms with Gasteiger partial charge >= 0.3 is 0 Å². The number of fused-ring (bicyclic) bond motifs is 2. The zero-order valence-corrected chi connectivity index (χ0v) is 19.1. The second-order valence-electron chi connectivity index (χ2n) is 8.98. The van der Waals surface area contributed by atoms with Gasteiger partial charge in [0.2, 0.25) is 11.6 Å². The second kappa shape index (κ2) is 7.27. The molecule has 0 amide bonds. The number of phenols is 2. The molecule has 0 aliphatic heterocycles. The van der Waals surface area contributed by atoms with Gasteiger partial charge < -0.3 is 10.2 Å². The Bertz CT molecular complexity index is 1010. The van der Waals surface area contributed by atoms with Gasteiger partial charge in [-0.15, -0.1) is 23.5 Å². The highest BCUT2D eigenvalue weighted by molar-refractivity contribution is 8.03. The minimum atomic E-state index is -1.03. The molecule has 1 aliphatic carbocycles. The number of hydrogen-bond donors (Lipinski definition) is 2. The largest absolute Gasteiger partial charge is 0.507 e. The summed E-state index contributed by atoms with van der Waals surface area (Å²) in [5.74, 6) is -5.22. The molecule has 30 heavy (non-hydrogen) atoms. The number of rotatable bonds is 2. The van der Waals surface area contributed by atoms with E-state index in [0.29, 0.717) is 0 Å². The molecule has 0 bridgehead atoms. The van der Waals surface area contributed by atoms with E-state index >= 15 is 8.78 Å². The number of carbonyl (C=O) groups excluding carboxylic acids is 2. The van der Waals surface area contributed by atoms with Crippen molar-refractivity contribution in [2.24, 2.45) is 0 Å². The molecule has 0 saturated heterocycles. The van der Waals surface area contributed by atoms with E-state index in [2.05, 4.69) is 0 Å². The van der Waals surface area contributed by atoms with Crippen LogP contribution in [0.3, 0.4) is 0 Å². The maximum Gasteiger partial charge on any atom is 0.201 e. The molecule has 0 saturated carbocycles. The van der Waals surface area contributed by atoms with Crippen molar-refractivity contribution in [3.8, 4) is 11.5 Å². The Labute approximate surface area is 182 Å². The SMILES string of the molecule is CC(C)(C)Sc1c(F)c2c(c(F)c1SC(C)(C)C)C(=O)c1c(O)ccc(O)c1C2=O. The van der Waals surface area contributed by atoms with Crippen molar-refractivity contribution in [1.82, 2.24) is 0 Å². The maximum atomic E-state index is 15.7. The summed E-state index contributed by atoms with van der Waals surface area (Å²) in [6.07, 6.45) is 0. The first-order chi connectivity index (χ1) is 13.6. The molecule has 8 heteroatoms. The van der Waals surface area contributed by atoms with Crippen molar-refractivity contribution in [2.75, 3.05) is 0 Å². The fraction of sp³-hybridized carbons (Fsp3) is 0.364. The minimum absolute atomic E-state index is 0.0529. The third-order valence-corrected chi connectivity index (χ3v) is 6.71. The van der Waals surface area contributed by atoms with E-state index in [1.165, 1.54) is 0 Å². The van der Waals surface area contributed by atoms with Crippen molar-refractivity contribution in [1.29, 1.82) is 0 Å². The van der Waals surface area contributed by atoms with Crippen LogP contribution in [0.1, 0.15) is 73.4 Å². The Hall–Kier alpha value is -2.06. The van der Waals surface area contributed by atoms with Gasteiger partial charge in [-0.3, -0.25) is 9.59 Å². The number of hydrogen-bond acceptors (Lipinski definition) is 6. The lowest BCUT2D eigenvalue weighted by Crippen LogP contribution is -2.26. The first-order valence-electron chi connectivity index (χ1n) is 9.21. The number of phenolic OH excluding ortho intramolecular Hbond substituents is 2. The lowest BCUT2D eigenvalue weighted by Gasteiger charge is -2.28. The summed E-state index contributed by atoms with van der Waals surface area (Å²) in [7, 11) is 0. The molecule has 2 aromatic rings.